The summed E-state index contributed by atoms with van der Waals surface area (Å²) in [6.07, 6.45) is 5.06. The zero-order valence-corrected chi connectivity index (χ0v) is 12.6. The van der Waals surface area contributed by atoms with Crippen molar-refractivity contribution in [2.24, 2.45) is 0 Å². The fraction of sp³-hybridized carbons (Fsp3) is 0. The number of pyridine rings is 2. The van der Waals surface area contributed by atoms with E-state index in [0.29, 0.717) is 0 Å². The van der Waals surface area contributed by atoms with Crippen LogP contribution in [0.15, 0.2) is 61.2 Å². The molecule has 0 bridgehead atoms. The van der Waals surface area contributed by atoms with Crippen molar-refractivity contribution in [1.82, 2.24) is 4.98 Å². The number of halogens is 3. The van der Waals surface area contributed by atoms with Gasteiger partial charge >= 0.3 is 31.6 Å². The summed E-state index contributed by atoms with van der Waals surface area (Å²) >= 11 is -3.79. The van der Waals surface area contributed by atoms with E-state index in [0.717, 1.165) is 0 Å². The largest absolute Gasteiger partial charge is 0.265 e. The summed E-state index contributed by atoms with van der Waals surface area (Å²) in [7, 11) is 0. The van der Waals surface area contributed by atoms with Crippen molar-refractivity contribution in [3.8, 4) is 0 Å². The number of rotatable bonds is 0. The number of hydrogen-bond donors (Lipinski definition) is 1. The molecule has 130 valence electrons. The van der Waals surface area contributed by atoms with E-state index in [1.807, 2.05) is 48.8 Å². The molecule has 2 aromatic rings. The summed E-state index contributed by atoms with van der Waals surface area (Å²) in [5.74, 6) is 0. The minimum absolute atomic E-state index is 0. The van der Waals surface area contributed by atoms with E-state index >= 15 is 0 Å². The molecule has 0 aliphatic carbocycles. The average Bonchev–Trinajstić information content (AvgIpc) is 2.51. The first kappa shape index (κ1) is 28.6. The van der Waals surface area contributed by atoms with Crippen LogP contribution in [0.4, 0.5) is 13.9 Å². The number of carbonyl (C=O) groups excluding carboxylic acids is 1. The van der Waals surface area contributed by atoms with Gasteiger partial charge in [-0.2, -0.15) is 5.26 Å². The van der Waals surface area contributed by atoms with Crippen LogP contribution < -0.4 is 9.69 Å². The normalized spacial score (nSPS) is 6.70. The number of nitrogens with one attached hydrogen (secondary N) is 1. The second kappa shape index (κ2) is 24.5. The summed E-state index contributed by atoms with van der Waals surface area (Å²) in [5, 5.41) is 6.92. The van der Waals surface area contributed by atoms with Crippen LogP contribution in [0.2, 0.25) is 0 Å². The van der Waals surface area contributed by atoms with Crippen LogP contribution in [0.25, 0.3) is 0 Å². The second-order valence-corrected chi connectivity index (χ2v) is 3.27. The molecule has 12 heteroatoms. The van der Waals surface area contributed by atoms with E-state index in [2.05, 4.69) is 14.9 Å². The van der Waals surface area contributed by atoms with Gasteiger partial charge in [0, 0.05) is 24.5 Å². The molecule has 0 atom stereocenters. The number of aromatic nitrogens is 2. The van der Waals surface area contributed by atoms with Gasteiger partial charge in [-0.15, -0.1) is 4.39 Å². The third kappa shape index (κ3) is 45.2. The molecule has 0 unspecified atom stereocenters. The van der Waals surface area contributed by atoms with Crippen molar-refractivity contribution < 1.29 is 59.1 Å². The average molecular weight is 378 g/mol. The molecular formula is C11H13CrF3N2O6. The third-order valence-electron chi connectivity index (χ3n) is 1.25. The Bertz CT molecular complexity index is 468. The van der Waals surface area contributed by atoms with Gasteiger partial charge in [-0.25, -0.2) is 9.78 Å². The van der Waals surface area contributed by atoms with Crippen molar-refractivity contribution in [3.05, 3.63) is 61.2 Å². The van der Waals surface area contributed by atoms with Crippen LogP contribution in [0.1, 0.15) is 0 Å². The number of carbonyl (C=O) groups is 1. The second-order valence-electron chi connectivity index (χ2n) is 2.63. The topological polar surface area (TPSA) is 125 Å². The molecule has 8 nitrogen and oxygen atoms in total. The first-order valence-electron chi connectivity index (χ1n) is 5.04. The number of aromatic amines is 1. The molecule has 0 saturated heterocycles. The Balaban J connectivity index is -0.000000103. The van der Waals surface area contributed by atoms with Crippen molar-refractivity contribution in [1.29, 1.82) is 0 Å². The minimum Gasteiger partial charge on any atom is -0.265 e. The maximum absolute atomic E-state index is 10.3. The van der Waals surface area contributed by atoms with E-state index in [-0.39, 0.29) is 9.41 Å². The molecule has 0 aliphatic rings. The molecule has 0 radical (unpaired) electrons. The van der Waals surface area contributed by atoms with Gasteiger partial charge in [0.1, 0.15) is 0 Å². The van der Waals surface area contributed by atoms with Gasteiger partial charge in [0.2, 0.25) is 0 Å². The summed E-state index contributed by atoms with van der Waals surface area (Å²) in [6, 6.07) is 11.6. The van der Waals surface area contributed by atoms with Crippen LogP contribution >= 0.6 is 0 Å². The molecule has 0 fully saturated rings. The molecule has 23 heavy (non-hydrogen) atoms. The molecule has 0 aromatic carbocycles. The first-order valence-corrected chi connectivity index (χ1v) is 6.60. The van der Waals surface area contributed by atoms with Gasteiger partial charge in [0.15, 0.2) is 12.4 Å². The van der Waals surface area contributed by atoms with E-state index in [9.17, 15) is 4.39 Å². The molecule has 2 N–H and O–H groups in total. The van der Waals surface area contributed by atoms with Crippen molar-refractivity contribution in [2.45, 2.75) is 0 Å². The molecular weight excluding hydrogens is 365 g/mol. The maximum Gasteiger partial charge on any atom is 0.166 e. The smallest absolute Gasteiger partial charge is 0.166 e. The number of H-pyrrole nitrogens is 1. The van der Waals surface area contributed by atoms with Crippen LogP contribution in [-0.4, -0.2) is 16.5 Å². The Morgan fingerprint density at radius 3 is 1.43 bits per heavy atom. The van der Waals surface area contributed by atoms with Crippen LogP contribution in [0, 0.1) is 0 Å². The molecule has 0 saturated carbocycles. The standard InChI is InChI=1S/2C5H5N.CHFO3.Cr.2FH.3O/c2*1-2-4-6-5-3-1;2-1(3)5-4;;;;;;/h2*1-5H;4H;;2*1H;;;. The van der Waals surface area contributed by atoms with Crippen molar-refractivity contribution in [3.63, 3.8) is 0 Å². The summed E-state index contributed by atoms with van der Waals surface area (Å²) in [6.45, 7) is 0. The Morgan fingerprint density at radius 1 is 1.00 bits per heavy atom. The van der Waals surface area contributed by atoms with E-state index < -0.39 is 20.2 Å². The quantitative estimate of drug-likeness (QED) is 0.352. The van der Waals surface area contributed by atoms with Crippen molar-refractivity contribution in [2.75, 3.05) is 0 Å². The summed E-state index contributed by atoms with van der Waals surface area (Å²) < 4.78 is 35.9. The number of hydrogen-bond acceptors (Lipinski definition) is 7. The van der Waals surface area contributed by atoms with Gasteiger partial charge < -0.3 is 4.70 Å². The third-order valence-corrected chi connectivity index (χ3v) is 1.25. The van der Waals surface area contributed by atoms with Gasteiger partial charge in [-0.1, -0.05) is 12.1 Å². The van der Waals surface area contributed by atoms with Gasteiger partial charge in [0.25, 0.3) is 0 Å². The fourth-order valence-electron chi connectivity index (χ4n) is 0.655. The Hall–Kier alpha value is -2.55. The van der Waals surface area contributed by atoms with E-state index in [1.54, 1.807) is 12.4 Å². The summed E-state index contributed by atoms with van der Waals surface area (Å²) in [5.41, 5.74) is 0. The van der Waals surface area contributed by atoms with Crippen LogP contribution in [0.3, 0.4) is 0 Å². The molecule has 2 rings (SSSR count). The van der Waals surface area contributed by atoms with Crippen molar-refractivity contribution >= 4 is 6.22 Å². The number of nitrogens with zero attached hydrogens (tertiary/aromatic N) is 1. The SMILES string of the molecule is F.O=C(F)OO.[F-].[O]=[Cr](=[O])=[O].c1cc[nH+]cc1.c1ccncc1. The summed E-state index contributed by atoms with van der Waals surface area (Å²) in [4.78, 5) is 17.8. The predicted molar refractivity (Wildman–Crippen MR) is 62.0 cm³/mol. The molecule has 2 heterocycles. The van der Waals surface area contributed by atoms with Gasteiger partial charge in [-0.05, 0) is 12.1 Å². The Morgan fingerprint density at radius 2 is 1.35 bits per heavy atom. The molecule has 2 aromatic heterocycles. The monoisotopic (exact) mass is 378 g/mol. The zero-order chi connectivity index (χ0) is 16.3. The Kier molecular flexibility index (Phi) is 30.4. The van der Waals surface area contributed by atoms with Crippen LogP contribution in [-0.2, 0) is 30.2 Å². The van der Waals surface area contributed by atoms with Gasteiger partial charge in [-0.3, -0.25) is 14.6 Å². The fourth-order valence-corrected chi connectivity index (χ4v) is 0.655. The predicted octanol–water partition coefficient (Wildman–Crippen LogP) is -1.05. The minimum atomic E-state index is -3.79. The maximum atomic E-state index is 10.3. The van der Waals surface area contributed by atoms with E-state index in [4.69, 9.17) is 21.5 Å². The van der Waals surface area contributed by atoms with Crippen LogP contribution in [0.5, 0.6) is 0 Å². The van der Waals surface area contributed by atoms with Gasteiger partial charge in [0.05, 0.1) is 0 Å². The molecule has 0 spiro atoms. The van der Waals surface area contributed by atoms with E-state index in [1.165, 1.54) is 0 Å². The zero-order valence-electron chi connectivity index (χ0n) is 11.3. The molecule has 0 aliphatic heterocycles. The Labute approximate surface area is 132 Å². The first-order chi connectivity index (χ1) is 10.0. The molecule has 0 amide bonds.